The van der Waals surface area contributed by atoms with Crippen molar-refractivity contribution in [3.8, 4) is 5.75 Å². The van der Waals surface area contributed by atoms with E-state index >= 15 is 0 Å². The standard InChI is InChI=1S/C19H24N2O4S/c1-12-6-13(2)19(14(3)7-12)26(23,24)21-10-17(11-21)25-16-8-15(4)20(5)18(22)9-16/h6-9,17H,10-11H2,1-5H3. The molecule has 1 aliphatic heterocycles. The first-order valence-corrected chi connectivity index (χ1v) is 9.96. The molecule has 0 N–H and O–H groups in total. The normalized spacial score (nSPS) is 15.7. The Kier molecular flexibility index (Phi) is 4.71. The number of pyridine rings is 1. The van der Waals surface area contributed by atoms with Crippen LogP contribution in [0.15, 0.2) is 34.0 Å². The smallest absolute Gasteiger partial charge is 0.254 e. The van der Waals surface area contributed by atoms with Crippen molar-refractivity contribution in [3.05, 3.63) is 57.0 Å². The second kappa shape index (κ2) is 6.55. The molecule has 0 spiro atoms. The predicted octanol–water partition coefficient (Wildman–Crippen LogP) is 2.07. The maximum Gasteiger partial charge on any atom is 0.254 e. The van der Waals surface area contributed by atoms with Gasteiger partial charge in [0.25, 0.3) is 5.56 Å². The molecule has 2 aromatic rings. The Morgan fingerprint density at radius 2 is 1.58 bits per heavy atom. The van der Waals surface area contributed by atoms with Crippen LogP contribution < -0.4 is 10.3 Å². The van der Waals surface area contributed by atoms with Gasteiger partial charge in [-0.05, 0) is 44.9 Å². The van der Waals surface area contributed by atoms with Crippen molar-refractivity contribution < 1.29 is 13.2 Å². The molecule has 0 unspecified atom stereocenters. The van der Waals surface area contributed by atoms with Gasteiger partial charge < -0.3 is 9.30 Å². The Labute approximate surface area is 154 Å². The largest absolute Gasteiger partial charge is 0.487 e. The lowest BCUT2D eigenvalue weighted by molar-refractivity contribution is 0.0758. The van der Waals surface area contributed by atoms with Gasteiger partial charge in [0.05, 0.1) is 18.0 Å². The molecule has 2 heterocycles. The number of aromatic nitrogens is 1. The molecule has 26 heavy (non-hydrogen) atoms. The van der Waals surface area contributed by atoms with Gasteiger partial charge in [0.1, 0.15) is 11.9 Å². The van der Waals surface area contributed by atoms with Crippen LogP contribution in [0.25, 0.3) is 0 Å². The highest BCUT2D eigenvalue weighted by molar-refractivity contribution is 7.89. The third-order valence-corrected chi connectivity index (χ3v) is 6.93. The van der Waals surface area contributed by atoms with Gasteiger partial charge in [0.2, 0.25) is 10.0 Å². The summed E-state index contributed by atoms with van der Waals surface area (Å²) >= 11 is 0. The first-order chi connectivity index (χ1) is 12.1. The fourth-order valence-corrected chi connectivity index (χ4v) is 5.29. The van der Waals surface area contributed by atoms with Gasteiger partial charge in [-0.3, -0.25) is 4.79 Å². The van der Waals surface area contributed by atoms with E-state index in [0.29, 0.717) is 10.6 Å². The maximum atomic E-state index is 12.9. The number of rotatable bonds is 4. The molecule has 0 radical (unpaired) electrons. The minimum absolute atomic E-state index is 0.144. The Morgan fingerprint density at radius 3 is 2.12 bits per heavy atom. The number of nitrogens with zero attached hydrogens (tertiary/aromatic N) is 2. The molecule has 1 aromatic carbocycles. The fourth-order valence-electron chi connectivity index (χ4n) is 3.37. The minimum atomic E-state index is -3.54. The number of hydrogen-bond acceptors (Lipinski definition) is 4. The molecule has 1 aliphatic rings. The summed E-state index contributed by atoms with van der Waals surface area (Å²) in [7, 11) is -1.84. The lowest BCUT2D eigenvalue weighted by atomic mass is 10.1. The monoisotopic (exact) mass is 376 g/mol. The summed E-state index contributed by atoms with van der Waals surface area (Å²) in [5.74, 6) is 0.482. The summed E-state index contributed by atoms with van der Waals surface area (Å²) in [6, 6.07) is 6.98. The molecule has 3 rings (SSSR count). The zero-order valence-corrected chi connectivity index (χ0v) is 16.6. The molecule has 1 fully saturated rings. The predicted molar refractivity (Wildman–Crippen MR) is 100 cm³/mol. The summed E-state index contributed by atoms with van der Waals surface area (Å²) in [4.78, 5) is 12.2. The summed E-state index contributed by atoms with van der Waals surface area (Å²) < 4.78 is 34.6. The molecule has 1 saturated heterocycles. The lowest BCUT2D eigenvalue weighted by Crippen LogP contribution is -2.56. The first-order valence-electron chi connectivity index (χ1n) is 8.52. The topological polar surface area (TPSA) is 68.6 Å². The second-order valence-corrected chi connectivity index (χ2v) is 8.89. The summed E-state index contributed by atoms with van der Waals surface area (Å²) in [6.07, 6.45) is -0.248. The van der Waals surface area contributed by atoms with Crippen LogP contribution in [-0.4, -0.2) is 36.5 Å². The van der Waals surface area contributed by atoms with Gasteiger partial charge in [-0.2, -0.15) is 4.31 Å². The van der Waals surface area contributed by atoms with Crippen LogP contribution in [0.5, 0.6) is 5.75 Å². The van der Waals surface area contributed by atoms with E-state index in [1.165, 1.54) is 14.9 Å². The molecule has 0 amide bonds. The van der Waals surface area contributed by atoms with Gasteiger partial charge >= 0.3 is 0 Å². The van der Waals surface area contributed by atoms with E-state index in [9.17, 15) is 13.2 Å². The third kappa shape index (κ3) is 3.29. The van der Waals surface area contributed by atoms with Gasteiger partial charge in [-0.15, -0.1) is 0 Å². The Hall–Kier alpha value is -2.12. The molecule has 0 aliphatic carbocycles. The molecule has 7 heteroatoms. The van der Waals surface area contributed by atoms with Crippen LogP contribution in [0.2, 0.25) is 0 Å². The molecule has 140 valence electrons. The highest BCUT2D eigenvalue weighted by atomic mass is 32.2. The SMILES string of the molecule is Cc1cc(C)c(S(=O)(=O)N2CC(Oc3cc(C)n(C)c(=O)c3)C2)c(C)c1. The van der Waals surface area contributed by atoms with Gasteiger partial charge in [0.15, 0.2) is 0 Å². The molecule has 1 aromatic heterocycles. The zero-order valence-electron chi connectivity index (χ0n) is 15.7. The molecular formula is C19H24N2O4S. The van der Waals surface area contributed by atoms with E-state index < -0.39 is 10.0 Å². The number of sulfonamides is 1. The minimum Gasteiger partial charge on any atom is -0.487 e. The summed E-state index contributed by atoms with van der Waals surface area (Å²) in [5.41, 5.74) is 3.21. The Balaban J connectivity index is 1.75. The third-order valence-electron chi connectivity index (χ3n) is 4.80. The van der Waals surface area contributed by atoms with Crippen molar-refractivity contribution in [2.24, 2.45) is 7.05 Å². The highest BCUT2D eigenvalue weighted by Gasteiger charge is 2.39. The van der Waals surface area contributed by atoms with Crippen molar-refractivity contribution in [3.63, 3.8) is 0 Å². The average molecular weight is 376 g/mol. The van der Waals surface area contributed by atoms with Gasteiger partial charge in [-0.1, -0.05) is 17.7 Å². The van der Waals surface area contributed by atoms with Crippen LogP contribution in [-0.2, 0) is 17.1 Å². The first kappa shape index (κ1) is 18.7. The molecule has 0 saturated carbocycles. The van der Waals surface area contributed by atoms with Crippen molar-refractivity contribution in [1.29, 1.82) is 0 Å². The van der Waals surface area contributed by atoms with Crippen LogP contribution in [0.1, 0.15) is 22.4 Å². The number of aryl methyl sites for hydroxylation is 4. The molecule has 0 atom stereocenters. The van der Waals surface area contributed by atoms with Gasteiger partial charge in [0, 0.05) is 18.8 Å². The van der Waals surface area contributed by atoms with E-state index in [2.05, 4.69) is 0 Å². The Morgan fingerprint density at radius 1 is 1.00 bits per heavy atom. The van der Waals surface area contributed by atoms with Gasteiger partial charge in [-0.25, -0.2) is 8.42 Å². The van der Waals surface area contributed by atoms with Crippen LogP contribution in [0.3, 0.4) is 0 Å². The average Bonchev–Trinajstić information content (AvgIpc) is 2.46. The van der Waals surface area contributed by atoms with E-state index in [-0.39, 0.29) is 24.8 Å². The van der Waals surface area contributed by atoms with Crippen LogP contribution >= 0.6 is 0 Å². The second-order valence-electron chi connectivity index (χ2n) is 7.02. The van der Waals surface area contributed by atoms with E-state index in [4.69, 9.17) is 4.74 Å². The highest BCUT2D eigenvalue weighted by Crippen LogP contribution is 2.29. The van der Waals surface area contributed by atoms with Crippen molar-refractivity contribution in [2.75, 3.05) is 13.1 Å². The molecular weight excluding hydrogens is 352 g/mol. The van der Waals surface area contributed by atoms with E-state index in [0.717, 1.165) is 22.4 Å². The van der Waals surface area contributed by atoms with Crippen molar-refractivity contribution in [2.45, 2.75) is 38.7 Å². The van der Waals surface area contributed by atoms with Crippen molar-refractivity contribution in [1.82, 2.24) is 8.87 Å². The van der Waals surface area contributed by atoms with Crippen molar-refractivity contribution >= 4 is 10.0 Å². The Bertz CT molecular complexity index is 995. The molecule has 0 bridgehead atoms. The number of benzene rings is 1. The molecule has 6 nitrogen and oxygen atoms in total. The number of ether oxygens (including phenoxy) is 1. The van der Waals surface area contributed by atoms with E-state index in [1.807, 2.05) is 39.8 Å². The zero-order chi connectivity index (χ0) is 19.2. The summed E-state index contributed by atoms with van der Waals surface area (Å²) in [5, 5.41) is 0. The quantitative estimate of drug-likeness (QED) is 0.819. The summed E-state index contributed by atoms with van der Waals surface area (Å²) in [6.45, 7) is 7.99. The lowest BCUT2D eigenvalue weighted by Gasteiger charge is -2.38. The maximum absolute atomic E-state index is 12.9. The van der Waals surface area contributed by atoms with Crippen LogP contribution in [0.4, 0.5) is 0 Å². The van der Waals surface area contributed by atoms with Crippen LogP contribution in [0, 0.1) is 27.7 Å². The fraction of sp³-hybridized carbons (Fsp3) is 0.421. The number of hydrogen-bond donors (Lipinski definition) is 0. The van der Waals surface area contributed by atoms with E-state index in [1.54, 1.807) is 13.1 Å².